The molecule has 5 heteroatoms. The molecule has 0 bridgehead atoms. The van der Waals surface area contributed by atoms with Crippen molar-refractivity contribution >= 4 is 23.5 Å². The summed E-state index contributed by atoms with van der Waals surface area (Å²) in [7, 11) is 0. The van der Waals surface area contributed by atoms with E-state index in [1.807, 2.05) is 18.2 Å². The Morgan fingerprint density at radius 1 is 0.853 bits per heavy atom. The number of esters is 1. The number of anilines is 1. The first-order valence-corrected chi connectivity index (χ1v) is 12.6. The first-order chi connectivity index (χ1) is 16.3. The Bertz CT molecular complexity index is 1030. The van der Waals surface area contributed by atoms with Gasteiger partial charge in [0.2, 0.25) is 0 Å². The number of benzene rings is 2. The van der Waals surface area contributed by atoms with Crippen molar-refractivity contribution in [3.8, 4) is 0 Å². The van der Waals surface area contributed by atoms with Crippen molar-refractivity contribution in [1.29, 1.82) is 0 Å². The number of imide groups is 1. The summed E-state index contributed by atoms with van der Waals surface area (Å²) in [5.74, 6) is -0.776. The lowest BCUT2D eigenvalue weighted by atomic mass is 9.92. The number of para-hydroxylation sites is 1. The van der Waals surface area contributed by atoms with Gasteiger partial charge in [0.05, 0.1) is 29.8 Å². The van der Waals surface area contributed by atoms with Gasteiger partial charge in [-0.1, -0.05) is 90.6 Å². The number of fused-ring (bicyclic) bond motifs is 1. The summed E-state index contributed by atoms with van der Waals surface area (Å²) in [6.45, 7) is 10.8. The van der Waals surface area contributed by atoms with Crippen LogP contribution in [-0.2, 0) is 16.0 Å². The van der Waals surface area contributed by atoms with Gasteiger partial charge in [0, 0.05) is 0 Å². The predicted octanol–water partition coefficient (Wildman–Crippen LogP) is 6.79. The zero-order chi connectivity index (χ0) is 24.8. The topological polar surface area (TPSA) is 63.7 Å². The van der Waals surface area contributed by atoms with Crippen molar-refractivity contribution < 1.29 is 19.1 Å². The van der Waals surface area contributed by atoms with E-state index >= 15 is 0 Å². The van der Waals surface area contributed by atoms with Crippen LogP contribution in [0.25, 0.3) is 0 Å². The van der Waals surface area contributed by atoms with Gasteiger partial charge in [0.15, 0.2) is 0 Å². The van der Waals surface area contributed by atoms with Gasteiger partial charge in [-0.3, -0.25) is 14.4 Å². The second-order valence-corrected chi connectivity index (χ2v) is 9.69. The van der Waals surface area contributed by atoms with Crippen LogP contribution in [0, 0.1) is 0 Å². The molecule has 1 aliphatic heterocycles. The Hall–Kier alpha value is -2.95. The SMILES string of the molecule is CCCCCCCOC(=O)Cc1cccc2c1C(=O)N(c1c(C(C)C)cccc1C(C)C)C2=O. The molecule has 0 saturated heterocycles. The molecule has 0 unspecified atom stereocenters. The zero-order valence-corrected chi connectivity index (χ0v) is 21.1. The van der Waals surface area contributed by atoms with Crippen LogP contribution in [0.3, 0.4) is 0 Å². The van der Waals surface area contributed by atoms with E-state index in [1.54, 1.807) is 18.2 Å². The number of rotatable bonds is 11. The van der Waals surface area contributed by atoms with Crippen molar-refractivity contribution in [1.82, 2.24) is 0 Å². The largest absolute Gasteiger partial charge is 0.465 e. The third-order valence-electron chi connectivity index (χ3n) is 6.41. The molecule has 0 atom stereocenters. The van der Waals surface area contributed by atoms with E-state index in [1.165, 1.54) is 17.7 Å². The minimum Gasteiger partial charge on any atom is -0.465 e. The summed E-state index contributed by atoms with van der Waals surface area (Å²) in [6.07, 6.45) is 5.36. The lowest BCUT2D eigenvalue weighted by molar-refractivity contribution is -0.142. The molecule has 2 aromatic rings. The van der Waals surface area contributed by atoms with Gasteiger partial charge in [-0.15, -0.1) is 0 Å². The number of ether oxygens (including phenoxy) is 1. The van der Waals surface area contributed by atoms with Crippen molar-refractivity contribution in [2.45, 2.75) is 85.0 Å². The molecule has 1 aliphatic rings. The van der Waals surface area contributed by atoms with Crippen LogP contribution < -0.4 is 4.90 Å². The Morgan fingerprint density at radius 2 is 1.47 bits per heavy atom. The highest BCUT2D eigenvalue weighted by Gasteiger charge is 2.40. The van der Waals surface area contributed by atoms with Crippen molar-refractivity contribution in [3.05, 3.63) is 64.2 Å². The summed E-state index contributed by atoms with van der Waals surface area (Å²) < 4.78 is 5.41. The first-order valence-electron chi connectivity index (χ1n) is 12.6. The minimum absolute atomic E-state index is 0.0200. The van der Waals surface area contributed by atoms with Gasteiger partial charge >= 0.3 is 5.97 Å². The molecule has 0 spiro atoms. The number of amides is 2. The molecule has 182 valence electrons. The molecule has 0 aromatic heterocycles. The molecule has 2 aromatic carbocycles. The third kappa shape index (κ3) is 5.40. The van der Waals surface area contributed by atoms with Gasteiger partial charge in [-0.2, -0.15) is 0 Å². The summed E-state index contributed by atoms with van der Waals surface area (Å²) in [6, 6.07) is 11.1. The van der Waals surface area contributed by atoms with E-state index in [0.717, 1.165) is 30.4 Å². The van der Waals surface area contributed by atoms with Gasteiger partial charge in [-0.25, -0.2) is 4.90 Å². The zero-order valence-electron chi connectivity index (χ0n) is 21.1. The highest BCUT2D eigenvalue weighted by atomic mass is 16.5. The van der Waals surface area contributed by atoms with E-state index in [0.29, 0.717) is 29.0 Å². The van der Waals surface area contributed by atoms with E-state index in [-0.39, 0.29) is 36.0 Å². The number of carbonyl (C=O) groups is 3. The van der Waals surface area contributed by atoms with Crippen molar-refractivity contribution in [3.63, 3.8) is 0 Å². The van der Waals surface area contributed by atoms with E-state index in [4.69, 9.17) is 4.74 Å². The molecule has 2 amide bonds. The highest BCUT2D eigenvalue weighted by Crippen LogP contribution is 2.40. The normalized spacial score (nSPS) is 13.2. The Kier molecular flexibility index (Phi) is 8.65. The van der Waals surface area contributed by atoms with Gasteiger partial charge < -0.3 is 4.74 Å². The predicted molar refractivity (Wildman–Crippen MR) is 136 cm³/mol. The molecule has 5 nitrogen and oxygen atoms in total. The second-order valence-electron chi connectivity index (χ2n) is 9.69. The van der Waals surface area contributed by atoms with E-state index in [9.17, 15) is 14.4 Å². The van der Waals surface area contributed by atoms with Gasteiger partial charge in [0.25, 0.3) is 11.8 Å². The Morgan fingerprint density at radius 3 is 2.09 bits per heavy atom. The lowest BCUT2D eigenvalue weighted by Crippen LogP contribution is -2.32. The second kappa shape index (κ2) is 11.5. The number of hydrogen-bond acceptors (Lipinski definition) is 4. The van der Waals surface area contributed by atoms with Crippen LogP contribution in [0.15, 0.2) is 36.4 Å². The van der Waals surface area contributed by atoms with Crippen LogP contribution in [0.5, 0.6) is 0 Å². The quantitative estimate of drug-likeness (QED) is 0.209. The fraction of sp³-hybridized carbons (Fsp3) is 0.483. The molecule has 0 N–H and O–H groups in total. The molecular weight excluding hydrogens is 426 g/mol. The van der Waals surface area contributed by atoms with Gasteiger partial charge in [0.1, 0.15) is 0 Å². The smallest absolute Gasteiger partial charge is 0.310 e. The van der Waals surface area contributed by atoms with E-state index < -0.39 is 0 Å². The number of hydrogen-bond donors (Lipinski definition) is 0. The molecule has 0 saturated carbocycles. The maximum Gasteiger partial charge on any atom is 0.310 e. The lowest BCUT2D eigenvalue weighted by Gasteiger charge is -2.25. The van der Waals surface area contributed by atoms with Crippen LogP contribution in [0.1, 0.15) is 116 Å². The summed E-state index contributed by atoms with van der Waals surface area (Å²) in [4.78, 5) is 41.0. The molecule has 0 fully saturated rings. The number of nitrogens with zero attached hydrogens (tertiary/aromatic N) is 1. The summed E-state index contributed by atoms with van der Waals surface area (Å²) >= 11 is 0. The van der Waals surface area contributed by atoms with Crippen LogP contribution >= 0.6 is 0 Å². The summed E-state index contributed by atoms with van der Waals surface area (Å²) in [5, 5.41) is 0. The first kappa shape index (κ1) is 25.7. The number of unbranched alkanes of at least 4 members (excludes halogenated alkanes) is 4. The molecular formula is C29H37NO4. The molecule has 0 aliphatic carbocycles. The van der Waals surface area contributed by atoms with Crippen LogP contribution in [0.2, 0.25) is 0 Å². The number of carbonyl (C=O) groups excluding carboxylic acids is 3. The minimum atomic E-state index is -0.368. The van der Waals surface area contributed by atoms with Crippen LogP contribution in [0.4, 0.5) is 5.69 Å². The highest BCUT2D eigenvalue weighted by molar-refractivity contribution is 6.35. The maximum atomic E-state index is 13.7. The molecule has 1 heterocycles. The molecule has 0 radical (unpaired) electrons. The van der Waals surface area contributed by atoms with Gasteiger partial charge in [-0.05, 0) is 41.0 Å². The standard InChI is InChI=1S/C29H37NO4/c1-6-7-8-9-10-17-34-25(31)18-21-13-11-16-24-26(21)29(33)30(28(24)32)27-22(19(2)3)14-12-15-23(27)20(4)5/h11-16,19-20H,6-10,17-18H2,1-5H3. The fourth-order valence-electron chi connectivity index (χ4n) is 4.57. The van der Waals surface area contributed by atoms with E-state index in [2.05, 4.69) is 34.6 Å². The third-order valence-corrected chi connectivity index (χ3v) is 6.41. The maximum absolute atomic E-state index is 13.7. The van der Waals surface area contributed by atoms with Crippen molar-refractivity contribution in [2.24, 2.45) is 0 Å². The molecule has 34 heavy (non-hydrogen) atoms. The fourth-order valence-corrected chi connectivity index (χ4v) is 4.57. The average Bonchev–Trinajstić information content (AvgIpc) is 3.06. The Balaban J connectivity index is 1.86. The van der Waals surface area contributed by atoms with Crippen molar-refractivity contribution in [2.75, 3.05) is 11.5 Å². The molecule has 3 rings (SSSR count). The average molecular weight is 464 g/mol. The summed E-state index contributed by atoms with van der Waals surface area (Å²) in [5.41, 5.74) is 3.82. The van der Waals surface area contributed by atoms with Crippen LogP contribution in [-0.4, -0.2) is 24.4 Å². The monoisotopic (exact) mass is 463 g/mol. The Labute approximate surface area is 203 Å².